The molecule has 1 unspecified atom stereocenters. The van der Waals surface area contributed by atoms with Crippen LogP contribution in [0, 0.1) is 5.41 Å². The predicted octanol–water partition coefficient (Wildman–Crippen LogP) is 2.54. The fourth-order valence-corrected chi connectivity index (χ4v) is 7.33. The first-order valence-corrected chi connectivity index (χ1v) is 13.8. The molecule has 2 spiro atoms. The number of aromatic nitrogens is 1. The largest absolute Gasteiger partial charge is 0.465 e. The summed E-state index contributed by atoms with van der Waals surface area (Å²) in [4.78, 5) is 34.9. The highest BCUT2D eigenvalue weighted by atomic mass is 16.4. The number of fused-ring (bicyclic) bond motifs is 3. The number of amides is 2. The topological polar surface area (TPSA) is 109 Å². The number of carboxylic acid groups (broad SMARTS) is 1. The van der Waals surface area contributed by atoms with Crippen molar-refractivity contribution in [1.29, 1.82) is 0 Å². The third-order valence-electron chi connectivity index (χ3n) is 9.48. The number of carbonyl (C=O) groups excluding carboxylic acids is 1. The van der Waals surface area contributed by atoms with Crippen molar-refractivity contribution in [2.45, 2.75) is 56.2 Å². The minimum absolute atomic E-state index is 0.0211. The molecule has 38 heavy (non-hydrogen) atoms. The Morgan fingerprint density at radius 3 is 2.63 bits per heavy atom. The minimum atomic E-state index is -0.841. The molecule has 0 bridgehead atoms. The van der Waals surface area contributed by atoms with Gasteiger partial charge in [0.2, 0.25) is 0 Å². The van der Waals surface area contributed by atoms with Gasteiger partial charge in [0, 0.05) is 74.4 Å². The van der Waals surface area contributed by atoms with Crippen LogP contribution < -0.4 is 5.32 Å². The Balaban J connectivity index is 0.991. The fraction of sp³-hybridized carbons (Fsp3) is 0.552. The molecule has 9 heteroatoms. The standard InChI is InChI=1S/C29H35N5O4/c35-22(14-32-8-5-19-3-1-2-4-20(19)13-32)15-33-18-29(6-7-29)24-12-30-25(9-23(24)26(33)36)31-21-10-28(11-21)16-34(17-28)27(37)38/h1-4,9,12,21-22,35H,5-8,10-11,13-18H2,(H,30,31)(H,37,38). The van der Waals surface area contributed by atoms with Gasteiger partial charge in [-0.05, 0) is 54.9 Å². The molecule has 3 aliphatic heterocycles. The van der Waals surface area contributed by atoms with Crippen LogP contribution in [-0.2, 0) is 18.4 Å². The van der Waals surface area contributed by atoms with Crippen molar-refractivity contribution in [2.24, 2.45) is 5.41 Å². The summed E-state index contributed by atoms with van der Waals surface area (Å²) in [6, 6.07) is 10.6. The van der Waals surface area contributed by atoms with E-state index in [-0.39, 0.29) is 22.8 Å². The molecular formula is C29H35N5O4. The zero-order chi connectivity index (χ0) is 26.1. The van der Waals surface area contributed by atoms with E-state index in [4.69, 9.17) is 5.11 Å². The number of aliphatic hydroxyl groups is 1. The number of hydrogen-bond acceptors (Lipinski definition) is 6. The average Bonchev–Trinajstić information content (AvgIpc) is 3.62. The summed E-state index contributed by atoms with van der Waals surface area (Å²) in [5.41, 5.74) is 4.56. The first-order valence-electron chi connectivity index (χ1n) is 13.8. The van der Waals surface area contributed by atoms with E-state index in [0.717, 1.165) is 50.8 Å². The average molecular weight is 518 g/mol. The Kier molecular flexibility index (Phi) is 5.46. The van der Waals surface area contributed by atoms with E-state index in [1.807, 2.05) is 17.2 Å². The van der Waals surface area contributed by atoms with Gasteiger partial charge in [0.15, 0.2) is 0 Å². The van der Waals surface area contributed by atoms with E-state index in [1.54, 1.807) is 0 Å². The van der Waals surface area contributed by atoms with Gasteiger partial charge in [0.1, 0.15) is 5.82 Å². The lowest BCUT2D eigenvalue weighted by atomic mass is 9.61. The van der Waals surface area contributed by atoms with Crippen molar-refractivity contribution in [3.8, 4) is 0 Å². The maximum absolute atomic E-state index is 13.6. The van der Waals surface area contributed by atoms with Gasteiger partial charge in [-0.3, -0.25) is 9.69 Å². The lowest BCUT2D eigenvalue weighted by Crippen LogP contribution is -2.65. The molecule has 2 aromatic rings. The number of pyridine rings is 1. The highest BCUT2D eigenvalue weighted by Crippen LogP contribution is 2.53. The van der Waals surface area contributed by atoms with E-state index >= 15 is 0 Å². The first kappa shape index (κ1) is 23.9. The van der Waals surface area contributed by atoms with Gasteiger partial charge in [0.05, 0.1) is 6.10 Å². The summed E-state index contributed by atoms with van der Waals surface area (Å²) in [5.74, 6) is 0.684. The van der Waals surface area contributed by atoms with Crippen LogP contribution in [0.2, 0.25) is 0 Å². The van der Waals surface area contributed by atoms with Crippen molar-refractivity contribution in [1.82, 2.24) is 19.7 Å². The second-order valence-electron chi connectivity index (χ2n) is 12.4. The van der Waals surface area contributed by atoms with Gasteiger partial charge in [0.25, 0.3) is 5.91 Å². The maximum Gasteiger partial charge on any atom is 0.407 e. The monoisotopic (exact) mass is 517 g/mol. The van der Waals surface area contributed by atoms with Gasteiger partial charge in [-0.25, -0.2) is 9.78 Å². The third kappa shape index (κ3) is 4.12. The molecule has 1 aromatic carbocycles. The molecular weight excluding hydrogens is 482 g/mol. The molecule has 2 saturated carbocycles. The van der Waals surface area contributed by atoms with E-state index < -0.39 is 12.2 Å². The number of carbonyl (C=O) groups is 2. The van der Waals surface area contributed by atoms with Crippen molar-refractivity contribution in [2.75, 3.05) is 44.6 Å². The van der Waals surface area contributed by atoms with Crippen LogP contribution in [-0.4, -0.2) is 93.3 Å². The highest BCUT2D eigenvalue weighted by molar-refractivity contribution is 5.98. The SMILES string of the molecule is O=C(O)N1CC2(CC(Nc3cc4c(cn3)C3(CC3)CN(CC(O)CN3CCc5ccccc5C3)C4=O)C2)C1. The van der Waals surface area contributed by atoms with Gasteiger partial charge >= 0.3 is 6.09 Å². The maximum atomic E-state index is 13.6. The molecule has 5 aliphatic rings. The Labute approximate surface area is 222 Å². The van der Waals surface area contributed by atoms with Crippen LogP contribution in [0.5, 0.6) is 0 Å². The molecule has 1 atom stereocenters. The van der Waals surface area contributed by atoms with Crippen LogP contribution in [0.15, 0.2) is 36.5 Å². The first-order chi connectivity index (χ1) is 18.3. The lowest BCUT2D eigenvalue weighted by Gasteiger charge is -2.58. The van der Waals surface area contributed by atoms with Crippen LogP contribution in [0.3, 0.4) is 0 Å². The van der Waals surface area contributed by atoms with E-state index in [1.165, 1.54) is 16.0 Å². The fourth-order valence-electron chi connectivity index (χ4n) is 7.33. The van der Waals surface area contributed by atoms with E-state index in [2.05, 4.69) is 39.5 Å². The van der Waals surface area contributed by atoms with E-state index in [9.17, 15) is 14.7 Å². The van der Waals surface area contributed by atoms with Gasteiger partial charge < -0.3 is 25.3 Å². The van der Waals surface area contributed by atoms with E-state index in [0.29, 0.717) is 44.1 Å². The summed E-state index contributed by atoms with van der Waals surface area (Å²) >= 11 is 0. The molecule has 3 fully saturated rings. The van der Waals surface area contributed by atoms with Crippen molar-refractivity contribution in [3.63, 3.8) is 0 Å². The molecule has 2 aliphatic carbocycles. The summed E-state index contributed by atoms with van der Waals surface area (Å²) in [6.45, 7) is 4.54. The molecule has 0 radical (unpaired) electrons. The number of benzene rings is 1. The number of aliphatic hydroxyl groups excluding tert-OH is 1. The predicted molar refractivity (Wildman–Crippen MR) is 141 cm³/mol. The lowest BCUT2D eigenvalue weighted by molar-refractivity contribution is -0.0520. The van der Waals surface area contributed by atoms with Gasteiger partial charge in [-0.2, -0.15) is 0 Å². The molecule has 9 nitrogen and oxygen atoms in total. The smallest absolute Gasteiger partial charge is 0.407 e. The Morgan fingerprint density at radius 1 is 1.13 bits per heavy atom. The van der Waals surface area contributed by atoms with Crippen molar-refractivity contribution in [3.05, 3.63) is 58.8 Å². The number of β-amino-alcohol motifs (C(OH)–C–C–N with tert-alkyl or cyclic N) is 1. The summed E-state index contributed by atoms with van der Waals surface area (Å²) in [5, 5.41) is 23.6. The van der Waals surface area contributed by atoms with Gasteiger partial charge in [-0.1, -0.05) is 24.3 Å². The van der Waals surface area contributed by atoms with Crippen LogP contribution in [0.4, 0.5) is 10.6 Å². The van der Waals surface area contributed by atoms with Crippen molar-refractivity contribution >= 4 is 17.8 Å². The number of nitrogens with one attached hydrogen (secondary N) is 1. The second-order valence-corrected chi connectivity index (χ2v) is 12.4. The number of likely N-dealkylation sites (tertiary alicyclic amines) is 1. The molecule has 2 amide bonds. The summed E-state index contributed by atoms with van der Waals surface area (Å²) < 4.78 is 0. The number of hydrogen-bond donors (Lipinski definition) is 3. The Morgan fingerprint density at radius 2 is 1.89 bits per heavy atom. The molecule has 1 aromatic heterocycles. The third-order valence-corrected chi connectivity index (χ3v) is 9.48. The molecule has 7 rings (SSSR count). The normalized spacial score (nSPS) is 23.9. The number of nitrogens with zero attached hydrogens (tertiary/aromatic N) is 4. The molecule has 1 saturated heterocycles. The molecule has 4 heterocycles. The number of anilines is 1. The zero-order valence-electron chi connectivity index (χ0n) is 21.6. The second kappa shape index (κ2) is 8.68. The minimum Gasteiger partial charge on any atom is -0.465 e. The summed E-state index contributed by atoms with van der Waals surface area (Å²) in [6.07, 6.45) is 5.37. The van der Waals surface area contributed by atoms with Crippen LogP contribution >= 0.6 is 0 Å². The zero-order valence-corrected chi connectivity index (χ0v) is 21.6. The summed E-state index contributed by atoms with van der Waals surface area (Å²) in [7, 11) is 0. The van der Waals surface area contributed by atoms with Crippen LogP contribution in [0.25, 0.3) is 0 Å². The highest BCUT2D eigenvalue weighted by Gasteiger charge is 2.54. The van der Waals surface area contributed by atoms with Crippen LogP contribution in [0.1, 0.15) is 52.7 Å². The van der Waals surface area contributed by atoms with Gasteiger partial charge in [-0.15, -0.1) is 0 Å². The number of rotatable bonds is 6. The quantitative estimate of drug-likeness (QED) is 0.540. The Bertz CT molecular complexity index is 1280. The molecule has 3 N–H and O–H groups in total. The van der Waals surface area contributed by atoms with Crippen molar-refractivity contribution < 1.29 is 19.8 Å². The molecule has 200 valence electrons. The Hall–Kier alpha value is -3.17.